The molecule has 0 heterocycles. The van der Waals surface area contributed by atoms with Crippen molar-refractivity contribution in [2.24, 2.45) is 11.7 Å². The molecule has 4 nitrogen and oxygen atoms in total. The molecule has 19 heavy (non-hydrogen) atoms. The summed E-state index contributed by atoms with van der Waals surface area (Å²) in [4.78, 5) is 0. The highest BCUT2D eigenvalue weighted by Crippen LogP contribution is 2.12. The fourth-order valence-corrected chi connectivity index (χ4v) is 3.55. The normalized spacial score (nSPS) is 13.7. The van der Waals surface area contributed by atoms with Gasteiger partial charge >= 0.3 is 0 Å². The predicted octanol–water partition coefficient (Wildman–Crippen LogP) is 1.79. The zero-order chi connectivity index (χ0) is 14.5. The molecule has 1 aromatic carbocycles. The van der Waals surface area contributed by atoms with Gasteiger partial charge in [0.2, 0.25) is 10.0 Å². The maximum Gasteiger partial charge on any atom is 0.216 e. The highest BCUT2D eigenvalue weighted by molar-refractivity contribution is 7.88. The van der Waals surface area contributed by atoms with Crippen LogP contribution in [0.15, 0.2) is 24.3 Å². The summed E-state index contributed by atoms with van der Waals surface area (Å²) >= 11 is 0. The van der Waals surface area contributed by atoms with Crippen molar-refractivity contribution in [3.8, 4) is 0 Å². The van der Waals surface area contributed by atoms with Crippen LogP contribution in [0.1, 0.15) is 31.4 Å². The monoisotopic (exact) mass is 284 g/mol. The van der Waals surface area contributed by atoms with Gasteiger partial charge in [0.05, 0.1) is 5.75 Å². The van der Waals surface area contributed by atoms with Crippen LogP contribution in [0.2, 0.25) is 0 Å². The largest absolute Gasteiger partial charge is 0.329 e. The number of hydrogen-bond donors (Lipinski definition) is 2. The maximum absolute atomic E-state index is 12.1. The Morgan fingerprint density at radius 3 is 2.42 bits per heavy atom. The molecule has 1 rings (SSSR count). The van der Waals surface area contributed by atoms with Crippen molar-refractivity contribution in [3.63, 3.8) is 0 Å². The van der Waals surface area contributed by atoms with Crippen molar-refractivity contribution in [3.05, 3.63) is 35.4 Å². The van der Waals surface area contributed by atoms with Crippen molar-refractivity contribution in [1.29, 1.82) is 0 Å². The Labute approximate surface area is 116 Å². The second-order valence-electron chi connectivity index (χ2n) is 5.37. The Bertz CT molecular complexity index is 498. The zero-order valence-corrected chi connectivity index (χ0v) is 12.7. The minimum absolute atomic E-state index is 0.00820. The predicted molar refractivity (Wildman–Crippen MR) is 79.2 cm³/mol. The van der Waals surface area contributed by atoms with Crippen molar-refractivity contribution < 1.29 is 8.42 Å². The number of rotatable bonds is 7. The Morgan fingerprint density at radius 2 is 1.89 bits per heavy atom. The molecule has 0 saturated carbocycles. The number of sulfonamides is 1. The van der Waals surface area contributed by atoms with Crippen LogP contribution in [-0.4, -0.2) is 21.0 Å². The summed E-state index contributed by atoms with van der Waals surface area (Å²) in [6, 6.07) is 7.33. The molecule has 5 heteroatoms. The van der Waals surface area contributed by atoms with E-state index in [0.29, 0.717) is 12.5 Å². The van der Waals surface area contributed by atoms with Gasteiger partial charge in [0.1, 0.15) is 0 Å². The average Bonchev–Trinajstić information content (AvgIpc) is 2.30. The van der Waals surface area contributed by atoms with Gasteiger partial charge in [0.15, 0.2) is 0 Å². The molecule has 0 bridgehead atoms. The molecule has 0 saturated heterocycles. The Morgan fingerprint density at radius 1 is 1.26 bits per heavy atom. The second kappa shape index (κ2) is 7.03. The topological polar surface area (TPSA) is 72.2 Å². The third kappa shape index (κ3) is 5.72. The van der Waals surface area contributed by atoms with E-state index in [1.54, 1.807) is 0 Å². The van der Waals surface area contributed by atoms with Crippen LogP contribution in [0.5, 0.6) is 0 Å². The van der Waals surface area contributed by atoms with E-state index >= 15 is 0 Å². The summed E-state index contributed by atoms with van der Waals surface area (Å²) in [5, 5.41) is 0. The van der Waals surface area contributed by atoms with Crippen LogP contribution in [-0.2, 0) is 15.8 Å². The van der Waals surface area contributed by atoms with Gasteiger partial charge in [-0.05, 0) is 30.4 Å². The van der Waals surface area contributed by atoms with Gasteiger partial charge in [-0.2, -0.15) is 0 Å². The number of benzene rings is 1. The number of hydrogen-bond acceptors (Lipinski definition) is 3. The van der Waals surface area contributed by atoms with Crippen LogP contribution in [0, 0.1) is 12.8 Å². The Kier molecular flexibility index (Phi) is 5.97. The van der Waals surface area contributed by atoms with E-state index < -0.39 is 10.0 Å². The molecular weight excluding hydrogens is 260 g/mol. The molecule has 1 atom stereocenters. The molecule has 0 aliphatic carbocycles. The lowest BCUT2D eigenvalue weighted by atomic mass is 10.1. The van der Waals surface area contributed by atoms with E-state index in [-0.39, 0.29) is 11.8 Å². The molecular formula is C14H24N2O2S. The highest BCUT2D eigenvalue weighted by Gasteiger charge is 2.18. The average molecular weight is 284 g/mol. The summed E-state index contributed by atoms with van der Waals surface area (Å²) in [7, 11) is -3.34. The minimum atomic E-state index is -3.34. The molecule has 0 aromatic heterocycles. The van der Waals surface area contributed by atoms with Crippen LogP contribution in [0.3, 0.4) is 0 Å². The first kappa shape index (κ1) is 16.1. The van der Waals surface area contributed by atoms with Crippen molar-refractivity contribution in [2.75, 3.05) is 6.54 Å². The Balaban J connectivity index is 2.73. The van der Waals surface area contributed by atoms with Crippen LogP contribution < -0.4 is 10.5 Å². The van der Waals surface area contributed by atoms with E-state index in [0.717, 1.165) is 17.5 Å². The fraction of sp³-hybridized carbons (Fsp3) is 0.571. The molecule has 0 radical (unpaired) electrons. The molecule has 3 N–H and O–H groups in total. The molecule has 0 amide bonds. The summed E-state index contributed by atoms with van der Waals surface area (Å²) in [6.45, 7) is 6.35. The van der Waals surface area contributed by atoms with Crippen LogP contribution >= 0.6 is 0 Å². The van der Waals surface area contributed by atoms with Crippen LogP contribution in [0.4, 0.5) is 0 Å². The van der Waals surface area contributed by atoms with E-state index in [1.807, 2.05) is 31.2 Å². The molecule has 0 aliphatic heterocycles. The maximum atomic E-state index is 12.1. The molecule has 0 spiro atoms. The SMILES string of the molecule is Cc1ccccc1CS(=O)(=O)N[C@H](CN)CC(C)C. The lowest BCUT2D eigenvalue weighted by molar-refractivity contribution is 0.465. The Hall–Kier alpha value is -0.910. The number of nitrogens with two attached hydrogens (primary N) is 1. The lowest BCUT2D eigenvalue weighted by Crippen LogP contribution is -2.41. The second-order valence-corrected chi connectivity index (χ2v) is 7.12. The van der Waals surface area contributed by atoms with Gasteiger partial charge in [-0.15, -0.1) is 0 Å². The summed E-state index contributed by atoms with van der Waals surface area (Å²) in [5.41, 5.74) is 7.44. The van der Waals surface area contributed by atoms with Crippen molar-refractivity contribution in [1.82, 2.24) is 4.72 Å². The van der Waals surface area contributed by atoms with Crippen molar-refractivity contribution in [2.45, 2.75) is 39.0 Å². The number of nitrogens with one attached hydrogen (secondary N) is 1. The molecule has 108 valence electrons. The third-order valence-corrected chi connectivity index (χ3v) is 4.38. The zero-order valence-electron chi connectivity index (χ0n) is 11.9. The smallest absolute Gasteiger partial charge is 0.216 e. The van der Waals surface area contributed by atoms with Gasteiger partial charge in [-0.25, -0.2) is 13.1 Å². The van der Waals surface area contributed by atoms with Gasteiger partial charge in [0, 0.05) is 12.6 Å². The number of aryl methyl sites for hydroxylation is 1. The van der Waals surface area contributed by atoms with Gasteiger partial charge in [-0.1, -0.05) is 38.1 Å². The van der Waals surface area contributed by atoms with Crippen LogP contribution in [0.25, 0.3) is 0 Å². The fourth-order valence-electron chi connectivity index (χ4n) is 2.03. The third-order valence-electron chi connectivity index (χ3n) is 2.99. The first-order valence-corrected chi connectivity index (χ1v) is 8.24. The first-order valence-electron chi connectivity index (χ1n) is 6.58. The minimum Gasteiger partial charge on any atom is -0.329 e. The molecule has 1 aromatic rings. The molecule has 0 aliphatic rings. The lowest BCUT2D eigenvalue weighted by Gasteiger charge is -2.19. The van der Waals surface area contributed by atoms with Gasteiger partial charge < -0.3 is 5.73 Å². The summed E-state index contributed by atoms with van der Waals surface area (Å²) in [6.07, 6.45) is 0.753. The van der Waals surface area contributed by atoms with E-state index in [1.165, 1.54) is 0 Å². The molecule has 0 fully saturated rings. The van der Waals surface area contributed by atoms with Gasteiger partial charge in [-0.3, -0.25) is 0 Å². The van der Waals surface area contributed by atoms with Crippen molar-refractivity contribution >= 4 is 10.0 Å². The van der Waals surface area contributed by atoms with Gasteiger partial charge in [0.25, 0.3) is 0 Å². The standard InChI is InChI=1S/C14H24N2O2S/c1-11(2)8-14(9-15)16-19(17,18)10-13-7-5-4-6-12(13)3/h4-7,11,14,16H,8-10,15H2,1-3H3/t14-/m0/s1. The summed E-state index contributed by atoms with van der Waals surface area (Å²) in [5.74, 6) is 0.420. The highest BCUT2D eigenvalue weighted by atomic mass is 32.2. The van der Waals surface area contributed by atoms with E-state index in [9.17, 15) is 8.42 Å². The molecule has 0 unspecified atom stereocenters. The summed E-state index contributed by atoms with van der Waals surface area (Å²) < 4.78 is 27.0. The van der Waals surface area contributed by atoms with E-state index in [4.69, 9.17) is 5.73 Å². The first-order chi connectivity index (χ1) is 8.84. The van der Waals surface area contributed by atoms with E-state index in [2.05, 4.69) is 18.6 Å². The quantitative estimate of drug-likeness (QED) is 0.802.